The van der Waals surface area contributed by atoms with E-state index in [0.29, 0.717) is 26.6 Å². The van der Waals surface area contributed by atoms with Gasteiger partial charge in [0, 0.05) is 18.5 Å². The number of benzene rings is 2. The molecule has 0 saturated heterocycles. The highest BCUT2D eigenvalue weighted by molar-refractivity contribution is 6.36. The second-order valence-corrected chi connectivity index (χ2v) is 9.70. The molecule has 1 aliphatic heterocycles. The molecule has 8 nitrogen and oxygen atoms in total. The molecule has 1 amide bonds. The first-order valence-corrected chi connectivity index (χ1v) is 12.2. The van der Waals surface area contributed by atoms with Crippen LogP contribution < -0.4 is 16.2 Å². The third-order valence-electron chi connectivity index (χ3n) is 6.58. The minimum absolute atomic E-state index is 0.0391. The summed E-state index contributed by atoms with van der Waals surface area (Å²) >= 11 is 12.4. The molecule has 0 fully saturated rings. The van der Waals surface area contributed by atoms with Crippen molar-refractivity contribution < 1.29 is 18.0 Å². The molecule has 2 N–H and O–H groups in total. The van der Waals surface area contributed by atoms with Gasteiger partial charge in [0.05, 0.1) is 17.4 Å². The second kappa shape index (κ2) is 9.55. The van der Waals surface area contributed by atoms with Crippen LogP contribution in [0, 0.1) is 6.92 Å². The number of halogens is 5. The molecule has 2 aromatic heterocycles. The van der Waals surface area contributed by atoms with Crippen LogP contribution in [-0.2, 0) is 7.05 Å². The van der Waals surface area contributed by atoms with E-state index in [0.717, 1.165) is 0 Å². The average molecular weight is 565 g/mol. The van der Waals surface area contributed by atoms with E-state index in [1.807, 2.05) is 0 Å². The first-order valence-electron chi connectivity index (χ1n) is 11.5. The molecule has 2 aromatic carbocycles. The molecule has 3 heterocycles. The van der Waals surface area contributed by atoms with Crippen molar-refractivity contribution >= 4 is 40.6 Å². The summed E-state index contributed by atoms with van der Waals surface area (Å²) < 4.78 is 45.8. The van der Waals surface area contributed by atoms with Crippen molar-refractivity contribution in [2.24, 2.45) is 7.05 Å². The lowest BCUT2D eigenvalue weighted by Gasteiger charge is -2.33. The van der Waals surface area contributed by atoms with Crippen molar-refractivity contribution in [3.8, 4) is 5.69 Å². The molecular formula is C25H21Cl2F3N6O2. The largest absolute Gasteiger partial charge is 0.410 e. The quantitative estimate of drug-likeness (QED) is 0.323. The molecule has 0 unspecified atom stereocenters. The first-order chi connectivity index (χ1) is 18.0. The lowest BCUT2D eigenvalue weighted by molar-refractivity contribution is -0.173. The number of rotatable bonds is 4. The minimum atomic E-state index is -4.66. The van der Waals surface area contributed by atoms with Crippen LogP contribution in [0.25, 0.3) is 5.69 Å². The number of carbonyl (C=O) groups is 1. The van der Waals surface area contributed by atoms with Gasteiger partial charge in [0.15, 0.2) is 11.7 Å². The number of anilines is 2. The fraction of sp³-hybridized carbons (Fsp3) is 0.240. The van der Waals surface area contributed by atoms with Gasteiger partial charge in [0.25, 0.3) is 11.5 Å². The summed E-state index contributed by atoms with van der Waals surface area (Å²) in [6, 6.07) is 12.4. The summed E-state index contributed by atoms with van der Waals surface area (Å²) in [6.45, 7) is 1.63. The molecule has 5 rings (SSSR count). The van der Waals surface area contributed by atoms with Crippen molar-refractivity contribution in [1.29, 1.82) is 0 Å². The Morgan fingerprint density at radius 2 is 1.76 bits per heavy atom. The van der Waals surface area contributed by atoms with Gasteiger partial charge in [0.1, 0.15) is 16.5 Å². The second-order valence-electron chi connectivity index (χ2n) is 8.89. The van der Waals surface area contributed by atoms with E-state index in [9.17, 15) is 22.8 Å². The highest BCUT2D eigenvalue weighted by Gasteiger charge is 2.48. The fourth-order valence-corrected chi connectivity index (χ4v) is 4.92. The zero-order valence-corrected chi connectivity index (χ0v) is 21.6. The summed E-state index contributed by atoms with van der Waals surface area (Å²) in [7, 11) is 1.65. The molecule has 2 atom stereocenters. The van der Waals surface area contributed by atoms with E-state index >= 15 is 0 Å². The predicted octanol–water partition coefficient (Wildman–Crippen LogP) is 5.90. The van der Waals surface area contributed by atoms with Crippen LogP contribution in [0.5, 0.6) is 0 Å². The van der Waals surface area contributed by atoms with Gasteiger partial charge < -0.3 is 10.6 Å². The van der Waals surface area contributed by atoms with Crippen LogP contribution in [0.4, 0.5) is 24.7 Å². The number of nitrogens with one attached hydrogen (secondary N) is 2. The standard InChI is InChI=1S/C25H21Cl2F3N6O2/c1-13-20(24(38)36(34(13)2)16-6-4-3-5-7-16)32-23(37)21-19(27)22-31-17(14-8-10-15(26)11-9-14)12-18(25(28,29)30)35(22)33-21/h3-11,17-18,31H,12H2,1-2H3,(H,32,37)/t17-,18+/m1/s1. The Morgan fingerprint density at radius 3 is 2.39 bits per heavy atom. The zero-order chi connectivity index (χ0) is 27.4. The highest BCUT2D eigenvalue weighted by atomic mass is 35.5. The van der Waals surface area contributed by atoms with Crippen LogP contribution in [0.3, 0.4) is 0 Å². The van der Waals surface area contributed by atoms with Gasteiger partial charge in [0.2, 0.25) is 0 Å². The molecule has 0 spiro atoms. The predicted molar refractivity (Wildman–Crippen MR) is 138 cm³/mol. The number of aromatic nitrogens is 4. The Hall–Kier alpha value is -3.70. The van der Waals surface area contributed by atoms with Crippen LogP contribution in [0.15, 0.2) is 59.4 Å². The maximum absolute atomic E-state index is 14.1. The van der Waals surface area contributed by atoms with E-state index in [1.54, 1.807) is 73.3 Å². The molecule has 1 aliphatic rings. The van der Waals surface area contributed by atoms with Gasteiger partial charge in [-0.25, -0.2) is 9.36 Å². The zero-order valence-electron chi connectivity index (χ0n) is 20.1. The topological polar surface area (TPSA) is 85.9 Å². The summed E-state index contributed by atoms with van der Waals surface area (Å²) in [4.78, 5) is 26.4. The third kappa shape index (κ3) is 4.45. The van der Waals surface area contributed by atoms with Crippen LogP contribution in [-0.4, -0.2) is 31.2 Å². The molecule has 0 saturated carbocycles. The van der Waals surface area contributed by atoms with Crippen molar-refractivity contribution in [1.82, 2.24) is 19.1 Å². The average Bonchev–Trinajstić information content (AvgIpc) is 3.32. The molecule has 0 bridgehead atoms. The summed E-state index contributed by atoms with van der Waals surface area (Å²) in [5.74, 6) is -1.05. The van der Waals surface area contributed by atoms with Gasteiger partial charge in [-0.3, -0.25) is 14.3 Å². The number of para-hydroxylation sites is 1. The number of hydrogen-bond acceptors (Lipinski definition) is 4. The van der Waals surface area contributed by atoms with E-state index < -0.39 is 35.4 Å². The van der Waals surface area contributed by atoms with Crippen molar-refractivity contribution in [3.05, 3.63) is 91.9 Å². The smallest absolute Gasteiger partial charge is 0.362 e. The van der Waals surface area contributed by atoms with Crippen LogP contribution in [0.2, 0.25) is 10.0 Å². The van der Waals surface area contributed by atoms with E-state index in [1.165, 1.54) is 4.68 Å². The van der Waals surface area contributed by atoms with Gasteiger partial charge in [-0.1, -0.05) is 53.5 Å². The van der Waals surface area contributed by atoms with Crippen LogP contribution >= 0.6 is 23.2 Å². The Balaban J connectivity index is 1.51. The van der Waals surface area contributed by atoms with Crippen molar-refractivity contribution in [3.63, 3.8) is 0 Å². The number of fused-ring (bicyclic) bond motifs is 1. The first kappa shape index (κ1) is 25.9. The minimum Gasteiger partial charge on any atom is -0.362 e. The molecule has 0 aliphatic carbocycles. The third-order valence-corrected chi connectivity index (χ3v) is 7.19. The maximum atomic E-state index is 14.1. The summed E-state index contributed by atoms with van der Waals surface area (Å²) in [5.41, 5.74) is 0.584. The summed E-state index contributed by atoms with van der Waals surface area (Å²) in [6.07, 6.45) is -5.04. The molecule has 198 valence electrons. The number of carbonyl (C=O) groups excluding carboxylic acids is 1. The van der Waals surface area contributed by atoms with Gasteiger partial charge >= 0.3 is 6.18 Å². The number of amides is 1. The number of alkyl halides is 3. The SMILES string of the molecule is Cc1c(NC(=O)c2nn3c(c2Cl)N[C@@H](c2ccc(Cl)cc2)C[C@H]3C(F)(F)F)c(=O)n(-c2ccccc2)n1C. The monoisotopic (exact) mass is 564 g/mol. The van der Waals surface area contributed by atoms with Gasteiger partial charge in [-0.05, 0) is 36.8 Å². The number of nitrogens with zero attached hydrogens (tertiary/aromatic N) is 4. The van der Waals surface area contributed by atoms with Crippen molar-refractivity contribution in [2.75, 3.05) is 10.6 Å². The lowest BCUT2D eigenvalue weighted by atomic mass is 9.97. The van der Waals surface area contributed by atoms with Crippen molar-refractivity contribution in [2.45, 2.75) is 31.6 Å². The molecule has 0 radical (unpaired) electrons. The van der Waals surface area contributed by atoms with Gasteiger partial charge in [-0.15, -0.1) is 0 Å². The molecule has 38 heavy (non-hydrogen) atoms. The molecule has 13 heteroatoms. The van der Waals surface area contributed by atoms with Crippen LogP contribution in [0.1, 0.15) is 40.3 Å². The lowest BCUT2D eigenvalue weighted by Crippen LogP contribution is -2.35. The number of hydrogen-bond donors (Lipinski definition) is 2. The highest BCUT2D eigenvalue weighted by Crippen LogP contribution is 2.46. The van der Waals surface area contributed by atoms with E-state index in [-0.39, 0.29) is 22.9 Å². The van der Waals surface area contributed by atoms with E-state index in [4.69, 9.17) is 23.2 Å². The Morgan fingerprint density at radius 1 is 1.11 bits per heavy atom. The molecule has 4 aromatic rings. The van der Waals surface area contributed by atoms with E-state index in [2.05, 4.69) is 15.7 Å². The van der Waals surface area contributed by atoms with Gasteiger partial charge in [-0.2, -0.15) is 18.3 Å². The maximum Gasteiger partial charge on any atom is 0.410 e. The fourth-order valence-electron chi connectivity index (χ4n) is 4.53. The summed E-state index contributed by atoms with van der Waals surface area (Å²) in [5, 5.41) is 9.57. The molecular weight excluding hydrogens is 544 g/mol. The Bertz CT molecular complexity index is 1580. The normalized spacial score (nSPS) is 17.1. The Kier molecular flexibility index (Phi) is 6.52. The Labute approximate surface area is 224 Å².